The Kier molecular flexibility index (Phi) is 6.94. The first kappa shape index (κ1) is 27.8. The number of thioether (sulfide) groups is 1. The first-order valence-electron chi connectivity index (χ1n) is 16.1. The van der Waals surface area contributed by atoms with Crippen molar-refractivity contribution < 1.29 is 0 Å². The van der Waals surface area contributed by atoms with Crippen molar-refractivity contribution in [3.63, 3.8) is 0 Å². The molecular formula is C43H31N3S. The molecule has 0 saturated heterocycles. The average molecular weight is 622 g/mol. The van der Waals surface area contributed by atoms with Crippen LogP contribution in [0.15, 0.2) is 163 Å². The highest BCUT2D eigenvalue weighted by atomic mass is 32.2. The quantitative estimate of drug-likeness (QED) is 0.194. The fourth-order valence-corrected chi connectivity index (χ4v) is 8.07. The van der Waals surface area contributed by atoms with Gasteiger partial charge in [0.1, 0.15) is 0 Å². The summed E-state index contributed by atoms with van der Waals surface area (Å²) in [6, 6.07) is 47.3. The van der Waals surface area contributed by atoms with E-state index in [1.165, 1.54) is 37.7 Å². The lowest BCUT2D eigenvalue weighted by Crippen LogP contribution is -2.21. The monoisotopic (exact) mass is 621 g/mol. The molecule has 1 aromatic heterocycles. The molecule has 0 amide bonds. The maximum Gasteiger partial charge on any atom is 0.160 e. The molecule has 0 saturated carbocycles. The zero-order valence-electron chi connectivity index (χ0n) is 25.7. The minimum atomic E-state index is 0.346. The van der Waals surface area contributed by atoms with Crippen LogP contribution in [0.4, 0.5) is 5.69 Å². The Hall–Kier alpha value is -5.45. The first-order valence-corrected chi connectivity index (χ1v) is 17.0. The molecule has 0 bridgehead atoms. The van der Waals surface area contributed by atoms with Gasteiger partial charge in [-0.3, -0.25) is 0 Å². The number of hydrogen-bond acceptors (Lipinski definition) is 4. The van der Waals surface area contributed by atoms with Crippen molar-refractivity contribution in [2.45, 2.75) is 16.7 Å². The van der Waals surface area contributed by atoms with Crippen molar-refractivity contribution in [3.8, 4) is 45.0 Å². The third-order valence-electron chi connectivity index (χ3n) is 9.23. The van der Waals surface area contributed by atoms with Gasteiger partial charge in [0.25, 0.3) is 0 Å². The normalized spacial score (nSPS) is 16.8. The standard InChI is InChI=1S/C43H31N3S/c1-4-11-28(12-5-1)37-27-38(29-13-6-2-7-14-29)45-42(44-37)35-18-10-17-32(26-35)33-21-23-36-34(25-33)20-19-30-22-24-39-41(40(30)36)46-43(47-39)31-15-8-3-9-16-31/h1-15,17-27,31,43,46H,16H2. The van der Waals surface area contributed by atoms with Gasteiger partial charge in [0.15, 0.2) is 5.82 Å². The number of aromatic nitrogens is 2. The van der Waals surface area contributed by atoms with Crippen LogP contribution in [-0.4, -0.2) is 15.3 Å². The largest absolute Gasteiger partial charge is 0.371 e. The molecule has 224 valence electrons. The highest BCUT2D eigenvalue weighted by molar-refractivity contribution is 8.00. The summed E-state index contributed by atoms with van der Waals surface area (Å²) >= 11 is 1.96. The molecule has 1 aliphatic heterocycles. The van der Waals surface area contributed by atoms with Crippen LogP contribution in [0, 0.1) is 5.92 Å². The van der Waals surface area contributed by atoms with Crippen LogP contribution in [0.5, 0.6) is 0 Å². The summed E-state index contributed by atoms with van der Waals surface area (Å²) in [7, 11) is 0. The second kappa shape index (κ2) is 11.7. The van der Waals surface area contributed by atoms with Crippen LogP contribution in [0.2, 0.25) is 0 Å². The Labute approximate surface area is 278 Å². The van der Waals surface area contributed by atoms with Crippen molar-refractivity contribution in [3.05, 3.63) is 158 Å². The number of nitrogens with zero attached hydrogens (tertiary/aromatic N) is 2. The minimum absolute atomic E-state index is 0.346. The summed E-state index contributed by atoms with van der Waals surface area (Å²) in [6.45, 7) is 0. The van der Waals surface area contributed by atoms with E-state index in [-0.39, 0.29) is 0 Å². The molecular weight excluding hydrogens is 591 g/mol. The summed E-state index contributed by atoms with van der Waals surface area (Å²) in [6.07, 6.45) is 10.0. The van der Waals surface area contributed by atoms with Gasteiger partial charge in [-0.05, 0) is 58.0 Å². The van der Waals surface area contributed by atoms with Gasteiger partial charge < -0.3 is 5.32 Å². The van der Waals surface area contributed by atoms with E-state index in [4.69, 9.17) is 9.97 Å². The molecule has 0 fully saturated rings. The maximum atomic E-state index is 5.06. The van der Waals surface area contributed by atoms with Crippen LogP contribution in [0.25, 0.3) is 66.6 Å². The molecule has 1 aliphatic carbocycles. The molecule has 7 aromatic rings. The summed E-state index contributed by atoms with van der Waals surface area (Å²) in [4.78, 5) is 11.5. The van der Waals surface area contributed by atoms with E-state index in [0.717, 1.165) is 45.9 Å². The molecule has 2 aliphatic rings. The summed E-state index contributed by atoms with van der Waals surface area (Å²) in [5, 5.41) is 9.34. The van der Waals surface area contributed by atoms with Crippen LogP contribution in [0.3, 0.4) is 0 Å². The van der Waals surface area contributed by atoms with Crippen molar-refractivity contribution in [1.29, 1.82) is 0 Å². The molecule has 3 nitrogen and oxygen atoms in total. The molecule has 4 heteroatoms. The Morgan fingerprint density at radius 3 is 2.00 bits per heavy atom. The number of fused-ring (bicyclic) bond motifs is 5. The third-order valence-corrected chi connectivity index (χ3v) is 10.5. The highest BCUT2D eigenvalue weighted by Gasteiger charge is 2.29. The minimum Gasteiger partial charge on any atom is -0.371 e. The smallest absolute Gasteiger partial charge is 0.160 e. The predicted molar refractivity (Wildman–Crippen MR) is 198 cm³/mol. The lowest BCUT2D eigenvalue weighted by molar-refractivity contribution is 0.662. The fraction of sp³-hybridized carbons (Fsp3) is 0.0698. The van der Waals surface area contributed by atoms with Gasteiger partial charge in [0, 0.05) is 32.9 Å². The molecule has 2 atom stereocenters. The summed E-state index contributed by atoms with van der Waals surface area (Å²) in [5.74, 6) is 1.21. The molecule has 6 aromatic carbocycles. The molecule has 2 unspecified atom stereocenters. The van der Waals surface area contributed by atoms with Crippen LogP contribution >= 0.6 is 11.8 Å². The van der Waals surface area contributed by atoms with Gasteiger partial charge in [-0.25, -0.2) is 9.97 Å². The Morgan fingerprint density at radius 2 is 1.26 bits per heavy atom. The zero-order valence-corrected chi connectivity index (χ0v) is 26.5. The topological polar surface area (TPSA) is 37.8 Å². The van der Waals surface area contributed by atoms with Crippen molar-refractivity contribution in [2.75, 3.05) is 5.32 Å². The van der Waals surface area contributed by atoms with Gasteiger partial charge >= 0.3 is 0 Å². The van der Waals surface area contributed by atoms with Gasteiger partial charge in [0.05, 0.1) is 22.4 Å². The van der Waals surface area contributed by atoms with E-state index in [0.29, 0.717) is 11.3 Å². The van der Waals surface area contributed by atoms with E-state index in [1.54, 1.807) is 0 Å². The number of hydrogen-bond donors (Lipinski definition) is 1. The molecule has 47 heavy (non-hydrogen) atoms. The maximum absolute atomic E-state index is 5.06. The molecule has 1 N–H and O–H groups in total. The van der Waals surface area contributed by atoms with Gasteiger partial charge in [-0.15, -0.1) is 0 Å². The van der Waals surface area contributed by atoms with Crippen LogP contribution < -0.4 is 5.32 Å². The fourth-order valence-electron chi connectivity index (χ4n) is 6.81. The van der Waals surface area contributed by atoms with E-state index >= 15 is 0 Å². The highest BCUT2D eigenvalue weighted by Crippen LogP contribution is 2.48. The molecule has 2 heterocycles. The number of rotatable bonds is 5. The van der Waals surface area contributed by atoms with Crippen molar-refractivity contribution >= 4 is 39.0 Å². The Bertz CT molecular complexity index is 2290. The molecule has 9 rings (SSSR count). The molecule has 0 radical (unpaired) electrons. The third kappa shape index (κ3) is 5.21. The summed E-state index contributed by atoms with van der Waals surface area (Å²) in [5.41, 5.74) is 8.55. The van der Waals surface area contributed by atoms with E-state index < -0.39 is 0 Å². The first-order chi connectivity index (χ1) is 23.3. The van der Waals surface area contributed by atoms with Gasteiger partial charge in [-0.1, -0.05) is 145 Å². The second-order valence-electron chi connectivity index (χ2n) is 12.2. The summed E-state index contributed by atoms with van der Waals surface area (Å²) < 4.78 is 0. The second-order valence-corrected chi connectivity index (χ2v) is 13.4. The van der Waals surface area contributed by atoms with Gasteiger partial charge in [-0.2, -0.15) is 0 Å². The number of anilines is 1. The Balaban J connectivity index is 1.10. The van der Waals surface area contributed by atoms with E-state index in [1.807, 2.05) is 23.9 Å². The lowest BCUT2D eigenvalue weighted by Gasteiger charge is -2.20. The van der Waals surface area contributed by atoms with Crippen molar-refractivity contribution in [1.82, 2.24) is 9.97 Å². The number of benzene rings is 6. The van der Waals surface area contributed by atoms with E-state index in [2.05, 4.69) is 151 Å². The number of allylic oxidation sites excluding steroid dienone is 3. The zero-order chi connectivity index (χ0) is 31.2. The van der Waals surface area contributed by atoms with Crippen molar-refractivity contribution in [2.24, 2.45) is 5.92 Å². The van der Waals surface area contributed by atoms with Crippen LogP contribution in [-0.2, 0) is 0 Å². The molecule has 0 spiro atoms. The van der Waals surface area contributed by atoms with Crippen LogP contribution in [0.1, 0.15) is 6.42 Å². The van der Waals surface area contributed by atoms with Gasteiger partial charge in [0.2, 0.25) is 0 Å². The Morgan fingerprint density at radius 1 is 0.574 bits per heavy atom. The average Bonchev–Trinajstić information content (AvgIpc) is 3.60. The predicted octanol–water partition coefficient (Wildman–Crippen LogP) is 11.4. The number of nitrogens with one attached hydrogen (secondary N) is 1. The van der Waals surface area contributed by atoms with E-state index in [9.17, 15) is 0 Å². The lowest BCUT2D eigenvalue weighted by atomic mass is 9.95. The SMILES string of the molecule is C1=CCC(C2Nc3c(ccc4ccc5cc(-c6cccc(-c7nc(-c8ccccc8)cc(-c8ccccc8)n7)c6)ccc5c34)S2)C=C1.